The zero-order chi connectivity index (χ0) is 11.3. The molecule has 15 heavy (non-hydrogen) atoms. The van der Waals surface area contributed by atoms with Gasteiger partial charge in [0.1, 0.15) is 0 Å². The molecule has 0 aromatic heterocycles. The van der Waals surface area contributed by atoms with Crippen LogP contribution in [-0.4, -0.2) is 19.6 Å². The van der Waals surface area contributed by atoms with Crippen molar-refractivity contribution in [3.05, 3.63) is 28.8 Å². The highest BCUT2D eigenvalue weighted by Gasteiger charge is 2.06. The van der Waals surface area contributed by atoms with Gasteiger partial charge in [0.05, 0.1) is 10.7 Å². The highest BCUT2D eigenvalue weighted by atomic mass is 35.5. The monoisotopic (exact) mass is 226 g/mol. The molecule has 0 atom stereocenters. The number of rotatable bonds is 5. The summed E-state index contributed by atoms with van der Waals surface area (Å²) in [5.74, 6) is 0. The molecule has 0 aliphatic carbocycles. The molecule has 84 valence electrons. The Morgan fingerprint density at radius 1 is 1.27 bits per heavy atom. The van der Waals surface area contributed by atoms with Crippen molar-refractivity contribution in [2.45, 2.75) is 20.3 Å². The summed E-state index contributed by atoms with van der Waals surface area (Å²) in [6, 6.07) is 6.20. The van der Waals surface area contributed by atoms with Gasteiger partial charge in [-0.2, -0.15) is 0 Å². The normalized spacial score (nSPS) is 10.4. The fourth-order valence-electron chi connectivity index (χ4n) is 1.69. The van der Waals surface area contributed by atoms with Crippen molar-refractivity contribution in [2.75, 3.05) is 24.5 Å². The quantitative estimate of drug-likeness (QED) is 0.837. The third-order valence-electron chi connectivity index (χ3n) is 2.55. The van der Waals surface area contributed by atoms with Crippen LogP contribution in [0.25, 0.3) is 0 Å². The van der Waals surface area contributed by atoms with Gasteiger partial charge >= 0.3 is 0 Å². The van der Waals surface area contributed by atoms with Gasteiger partial charge < -0.3 is 10.6 Å². The molecule has 2 N–H and O–H groups in total. The van der Waals surface area contributed by atoms with Gasteiger partial charge in [0.25, 0.3) is 0 Å². The lowest BCUT2D eigenvalue weighted by molar-refractivity contribution is 0.865. The van der Waals surface area contributed by atoms with Crippen molar-refractivity contribution in [3.8, 4) is 0 Å². The Morgan fingerprint density at radius 2 is 1.93 bits per heavy atom. The van der Waals surface area contributed by atoms with Crippen LogP contribution in [0.4, 0.5) is 5.69 Å². The van der Waals surface area contributed by atoms with Crippen LogP contribution in [0, 0.1) is 0 Å². The number of nitrogens with two attached hydrogens (primary N) is 1. The maximum atomic E-state index is 6.23. The van der Waals surface area contributed by atoms with Gasteiger partial charge in [-0.25, -0.2) is 0 Å². The Balaban J connectivity index is 2.91. The van der Waals surface area contributed by atoms with Crippen LogP contribution in [0.1, 0.15) is 19.4 Å². The fourth-order valence-corrected chi connectivity index (χ4v) is 2.02. The highest BCUT2D eigenvalue weighted by molar-refractivity contribution is 6.33. The first-order valence-electron chi connectivity index (χ1n) is 5.46. The summed E-state index contributed by atoms with van der Waals surface area (Å²) in [5, 5.41) is 0.824. The lowest BCUT2D eigenvalue weighted by Gasteiger charge is -2.22. The molecule has 0 spiro atoms. The van der Waals surface area contributed by atoms with Gasteiger partial charge in [0.2, 0.25) is 0 Å². The Morgan fingerprint density at radius 3 is 2.40 bits per heavy atom. The molecule has 0 saturated carbocycles. The van der Waals surface area contributed by atoms with Crippen LogP contribution in [-0.2, 0) is 6.42 Å². The van der Waals surface area contributed by atoms with E-state index in [1.807, 2.05) is 6.07 Å². The summed E-state index contributed by atoms with van der Waals surface area (Å²) in [7, 11) is 0. The lowest BCUT2D eigenvalue weighted by atomic mass is 10.1. The van der Waals surface area contributed by atoms with Crippen LogP contribution < -0.4 is 10.6 Å². The largest absolute Gasteiger partial charge is 0.371 e. The Hall–Kier alpha value is -0.730. The van der Waals surface area contributed by atoms with Crippen LogP contribution in [0.5, 0.6) is 0 Å². The Bertz CT molecular complexity index is 308. The van der Waals surface area contributed by atoms with E-state index in [2.05, 4.69) is 30.9 Å². The van der Waals surface area contributed by atoms with Gasteiger partial charge in [0, 0.05) is 13.1 Å². The lowest BCUT2D eigenvalue weighted by Crippen LogP contribution is -2.22. The van der Waals surface area contributed by atoms with E-state index in [0.717, 1.165) is 30.2 Å². The topological polar surface area (TPSA) is 29.3 Å². The molecule has 0 amide bonds. The molecule has 0 saturated heterocycles. The van der Waals surface area contributed by atoms with Gasteiger partial charge in [-0.15, -0.1) is 0 Å². The maximum Gasteiger partial charge on any atom is 0.0642 e. The van der Waals surface area contributed by atoms with Crippen molar-refractivity contribution < 1.29 is 0 Å². The molecule has 0 aliphatic rings. The molecule has 1 aromatic carbocycles. The molecular formula is C12H19ClN2. The zero-order valence-electron chi connectivity index (χ0n) is 9.46. The first kappa shape index (κ1) is 12.3. The average Bonchev–Trinajstić information content (AvgIpc) is 2.23. The molecule has 3 heteroatoms. The minimum atomic E-state index is 0.668. The minimum absolute atomic E-state index is 0.668. The predicted octanol–water partition coefficient (Wildman–Crippen LogP) is 2.69. The second-order valence-corrected chi connectivity index (χ2v) is 3.90. The van der Waals surface area contributed by atoms with Crippen molar-refractivity contribution >= 4 is 17.3 Å². The molecule has 0 heterocycles. The van der Waals surface area contributed by atoms with Crippen LogP contribution in [0.3, 0.4) is 0 Å². The molecule has 1 aromatic rings. The summed E-state index contributed by atoms with van der Waals surface area (Å²) in [6.45, 7) is 6.89. The van der Waals surface area contributed by atoms with Crippen LogP contribution >= 0.6 is 11.6 Å². The molecule has 0 bridgehead atoms. The number of hydrogen-bond donors (Lipinski definition) is 1. The number of anilines is 1. The summed E-state index contributed by atoms with van der Waals surface area (Å²) < 4.78 is 0. The molecule has 0 aliphatic heterocycles. The fraction of sp³-hybridized carbons (Fsp3) is 0.500. The van der Waals surface area contributed by atoms with Crippen LogP contribution in [0.2, 0.25) is 5.02 Å². The molecule has 1 rings (SSSR count). The highest BCUT2D eigenvalue weighted by Crippen LogP contribution is 2.26. The third kappa shape index (κ3) is 3.11. The van der Waals surface area contributed by atoms with E-state index >= 15 is 0 Å². The Labute approximate surface area is 97.0 Å². The zero-order valence-corrected chi connectivity index (χ0v) is 10.2. The van der Waals surface area contributed by atoms with Crippen molar-refractivity contribution in [1.29, 1.82) is 0 Å². The smallest absolute Gasteiger partial charge is 0.0642 e. The number of halogens is 1. The average molecular weight is 227 g/mol. The first-order valence-corrected chi connectivity index (χ1v) is 5.84. The molecule has 2 nitrogen and oxygen atoms in total. The van der Waals surface area contributed by atoms with Crippen molar-refractivity contribution in [3.63, 3.8) is 0 Å². The summed E-state index contributed by atoms with van der Waals surface area (Å²) in [5.41, 5.74) is 7.83. The second kappa shape index (κ2) is 5.99. The summed E-state index contributed by atoms with van der Waals surface area (Å²) >= 11 is 6.23. The SMILES string of the molecule is CCN(CC)c1ccc(CCN)cc1Cl. The Kier molecular flexibility index (Phi) is 4.92. The molecular weight excluding hydrogens is 208 g/mol. The predicted molar refractivity (Wildman–Crippen MR) is 67.8 cm³/mol. The standard InChI is InChI=1S/C12H19ClN2/c1-3-15(4-2)12-6-5-10(7-8-14)9-11(12)13/h5-6,9H,3-4,7-8,14H2,1-2H3. The number of nitrogens with zero attached hydrogens (tertiary/aromatic N) is 1. The van der Waals surface area contributed by atoms with Gasteiger partial charge in [-0.3, -0.25) is 0 Å². The molecule has 0 unspecified atom stereocenters. The summed E-state index contributed by atoms with van der Waals surface area (Å²) in [6.07, 6.45) is 0.887. The van der Waals surface area contributed by atoms with Gasteiger partial charge in [-0.1, -0.05) is 17.7 Å². The van der Waals surface area contributed by atoms with Gasteiger partial charge in [-0.05, 0) is 44.5 Å². The van der Waals surface area contributed by atoms with Crippen LogP contribution in [0.15, 0.2) is 18.2 Å². The molecule has 0 fully saturated rings. The van der Waals surface area contributed by atoms with E-state index in [4.69, 9.17) is 17.3 Å². The van der Waals surface area contributed by atoms with E-state index in [1.165, 1.54) is 5.56 Å². The van der Waals surface area contributed by atoms with Crippen molar-refractivity contribution in [2.24, 2.45) is 5.73 Å². The minimum Gasteiger partial charge on any atom is -0.371 e. The van der Waals surface area contributed by atoms with E-state index < -0.39 is 0 Å². The van der Waals surface area contributed by atoms with Gasteiger partial charge in [0.15, 0.2) is 0 Å². The molecule has 0 radical (unpaired) electrons. The van der Waals surface area contributed by atoms with E-state index in [-0.39, 0.29) is 0 Å². The van der Waals surface area contributed by atoms with E-state index in [1.54, 1.807) is 0 Å². The second-order valence-electron chi connectivity index (χ2n) is 3.50. The van der Waals surface area contributed by atoms with E-state index in [9.17, 15) is 0 Å². The number of hydrogen-bond acceptors (Lipinski definition) is 2. The number of benzene rings is 1. The maximum absolute atomic E-state index is 6.23. The first-order chi connectivity index (χ1) is 7.22. The summed E-state index contributed by atoms with van der Waals surface area (Å²) in [4.78, 5) is 2.24. The third-order valence-corrected chi connectivity index (χ3v) is 2.85. The van der Waals surface area contributed by atoms with Crippen molar-refractivity contribution in [1.82, 2.24) is 0 Å². The van der Waals surface area contributed by atoms with E-state index in [0.29, 0.717) is 6.54 Å².